The van der Waals surface area contributed by atoms with Crippen molar-refractivity contribution in [2.75, 3.05) is 11.5 Å². The van der Waals surface area contributed by atoms with E-state index >= 15 is 0 Å². The third-order valence-electron chi connectivity index (χ3n) is 5.05. The van der Waals surface area contributed by atoms with Crippen molar-refractivity contribution in [3.63, 3.8) is 0 Å². The highest BCUT2D eigenvalue weighted by atomic mass is 19.1. The van der Waals surface area contributed by atoms with Crippen molar-refractivity contribution >= 4 is 17.4 Å². The van der Waals surface area contributed by atoms with Crippen LogP contribution in [0.4, 0.5) is 10.2 Å². The molecule has 1 amide bonds. The lowest BCUT2D eigenvalue weighted by molar-refractivity contribution is 0.0924. The molecule has 2 atom stereocenters. The topological polar surface area (TPSA) is 116 Å². The first-order valence-corrected chi connectivity index (χ1v) is 9.30. The lowest BCUT2D eigenvalue weighted by atomic mass is 10.2. The predicted octanol–water partition coefficient (Wildman–Crippen LogP) is 0.618. The van der Waals surface area contributed by atoms with Gasteiger partial charge in [0.2, 0.25) is 0 Å². The van der Waals surface area contributed by atoms with Crippen LogP contribution in [0.1, 0.15) is 35.3 Å². The fourth-order valence-corrected chi connectivity index (χ4v) is 3.51. The van der Waals surface area contributed by atoms with Crippen molar-refractivity contribution in [1.29, 1.82) is 0 Å². The number of nitrogens with zero attached hydrogens (tertiary/aromatic N) is 4. The Morgan fingerprint density at radius 2 is 2.31 bits per heavy atom. The summed E-state index contributed by atoms with van der Waals surface area (Å²) in [4.78, 5) is 33.5. The summed E-state index contributed by atoms with van der Waals surface area (Å²) in [6, 6.07) is 0.859. The highest BCUT2D eigenvalue weighted by Gasteiger charge is 2.30. The monoisotopic (exact) mass is 400 g/mol. The Labute approximate surface area is 165 Å². The molecule has 1 aliphatic heterocycles. The van der Waals surface area contributed by atoms with Gasteiger partial charge >= 0.3 is 0 Å². The summed E-state index contributed by atoms with van der Waals surface area (Å²) in [7, 11) is 0. The number of aromatic amines is 1. The van der Waals surface area contributed by atoms with Crippen LogP contribution >= 0.6 is 0 Å². The van der Waals surface area contributed by atoms with Gasteiger partial charge in [0.15, 0.2) is 5.65 Å². The molecule has 0 aliphatic carbocycles. The van der Waals surface area contributed by atoms with Gasteiger partial charge in [-0.05, 0) is 26.3 Å². The van der Waals surface area contributed by atoms with E-state index in [4.69, 9.17) is 5.11 Å². The minimum Gasteiger partial charge on any atom is -0.394 e. The maximum atomic E-state index is 13.6. The standard InChI is InChI=1S/C19H21FN6O3/c1-10(9-27)23-19(29)15-6-22-26-8-12-3-11(2)25(16(12)24-17(15)26)7-13-4-14(20)5-21-18(13)28/h4-6,8,10-11,27H,3,7,9H2,1-2H3,(H,21,28)(H,23,29)/t10-,11-/m1/s1. The second-order valence-corrected chi connectivity index (χ2v) is 7.33. The molecule has 29 heavy (non-hydrogen) atoms. The van der Waals surface area contributed by atoms with Gasteiger partial charge in [0.25, 0.3) is 11.5 Å². The van der Waals surface area contributed by atoms with E-state index in [0.717, 1.165) is 11.8 Å². The van der Waals surface area contributed by atoms with Crippen LogP contribution in [0.5, 0.6) is 0 Å². The van der Waals surface area contributed by atoms with Gasteiger partial charge in [-0.25, -0.2) is 13.9 Å². The number of aliphatic hydroxyl groups is 1. The zero-order valence-electron chi connectivity index (χ0n) is 16.0. The molecule has 0 aromatic carbocycles. The molecule has 0 saturated carbocycles. The number of halogens is 1. The van der Waals surface area contributed by atoms with Crippen molar-refractivity contribution in [2.45, 2.75) is 38.9 Å². The lowest BCUT2D eigenvalue weighted by Gasteiger charge is -2.23. The second kappa shape index (κ2) is 7.28. The van der Waals surface area contributed by atoms with Crippen LogP contribution in [0.3, 0.4) is 0 Å². The molecule has 0 fully saturated rings. The third kappa shape index (κ3) is 3.46. The van der Waals surface area contributed by atoms with Crippen molar-refractivity contribution in [2.24, 2.45) is 0 Å². The van der Waals surface area contributed by atoms with E-state index in [1.165, 1.54) is 12.3 Å². The number of rotatable bonds is 5. The number of nitrogens with one attached hydrogen (secondary N) is 2. The fraction of sp³-hybridized carbons (Fsp3) is 0.368. The Kier molecular flexibility index (Phi) is 4.79. The smallest absolute Gasteiger partial charge is 0.257 e. The van der Waals surface area contributed by atoms with Crippen molar-refractivity contribution < 1.29 is 14.3 Å². The molecule has 10 heteroatoms. The average molecular weight is 400 g/mol. The van der Waals surface area contributed by atoms with E-state index in [0.29, 0.717) is 23.4 Å². The second-order valence-electron chi connectivity index (χ2n) is 7.33. The van der Waals surface area contributed by atoms with Gasteiger partial charge in [0, 0.05) is 35.6 Å². The van der Waals surface area contributed by atoms with Gasteiger partial charge in [-0.3, -0.25) is 9.59 Å². The molecule has 4 rings (SSSR count). The number of carbonyl (C=O) groups is 1. The molecule has 0 unspecified atom stereocenters. The fourth-order valence-electron chi connectivity index (χ4n) is 3.51. The summed E-state index contributed by atoms with van der Waals surface area (Å²) in [5, 5.41) is 16.1. The van der Waals surface area contributed by atoms with Crippen LogP contribution in [0.25, 0.3) is 5.65 Å². The summed E-state index contributed by atoms with van der Waals surface area (Å²) in [6.07, 6.45) is 4.96. The minimum absolute atomic E-state index is 0.0407. The molecular weight excluding hydrogens is 379 g/mol. The Morgan fingerprint density at radius 1 is 1.52 bits per heavy atom. The molecule has 4 heterocycles. The number of aliphatic hydroxyl groups excluding tert-OH is 1. The molecule has 0 spiro atoms. The van der Waals surface area contributed by atoms with Crippen molar-refractivity contribution in [3.05, 3.63) is 57.5 Å². The molecule has 3 N–H and O–H groups in total. The van der Waals surface area contributed by atoms with E-state index in [9.17, 15) is 14.0 Å². The molecule has 152 valence electrons. The molecule has 9 nitrogen and oxygen atoms in total. The van der Waals surface area contributed by atoms with E-state index in [1.807, 2.05) is 18.0 Å². The molecule has 1 aliphatic rings. The first kappa shape index (κ1) is 19.1. The van der Waals surface area contributed by atoms with E-state index in [1.54, 1.807) is 11.4 Å². The van der Waals surface area contributed by atoms with Crippen LogP contribution in [0.15, 0.2) is 29.5 Å². The average Bonchev–Trinajstić information content (AvgIpc) is 3.23. The van der Waals surface area contributed by atoms with Gasteiger partial charge in [-0.2, -0.15) is 5.10 Å². The summed E-state index contributed by atoms with van der Waals surface area (Å²) < 4.78 is 15.1. The molecule has 0 bridgehead atoms. The normalized spacial score (nSPS) is 16.8. The molecule has 3 aromatic rings. The highest BCUT2D eigenvalue weighted by molar-refractivity contribution is 6.00. The number of aromatic nitrogens is 4. The number of H-pyrrole nitrogens is 1. The number of carbonyl (C=O) groups excluding carboxylic acids is 1. The summed E-state index contributed by atoms with van der Waals surface area (Å²) in [6.45, 7) is 3.70. The number of fused-ring (bicyclic) bond motifs is 2. The molecule has 0 radical (unpaired) electrons. The third-order valence-corrected chi connectivity index (χ3v) is 5.05. The zero-order valence-corrected chi connectivity index (χ0v) is 16.0. The quantitative estimate of drug-likeness (QED) is 0.578. The first-order valence-electron chi connectivity index (χ1n) is 9.30. The molecular formula is C19H21FN6O3. The van der Waals surface area contributed by atoms with Crippen LogP contribution in [-0.4, -0.2) is 49.3 Å². The minimum atomic E-state index is -0.511. The molecule has 0 saturated heterocycles. The summed E-state index contributed by atoms with van der Waals surface area (Å²) in [5.41, 5.74) is 1.54. The summed E-state index contributed by atoms with van der Waals surface area (Å²) >= 11 is 0. The predicted molar refractivity (Wildman–Crippen MR) is 103 cm³/mol. The number of pyridine rings is 1. The first-order chi connectivity index (χ1) is 13.9. The van der Waals surface area contributed by atoms with Crippen LogP contribution in [0, 0.1) is 5.82 Å². The van der Waals surface area contributed by atoms with Crippen molar-refractivity contribution in [1.82, 2.24) is 24.9 Å². The van der Waals surface area contributed by atoms with E-state index < -0.39 is 11.9 Å². The molecule has 3 aromatic heterocycles. The van der Waals surface area contributed by atoms with Gasteiger partial charge < -0.3 is 20.3 Å². The largest absolute Gasteiger partial charge is 0.394 e. The Hall–Kier alpha value is -3.27. The van der Waals surface area contributed by atoms with Gasteiger partial charge in [0.1, 0.15) is 17.2 Å². The Bertz CT molecular complexity index is 1140. The number of hydrogen-bond acceptors (Lipinski definition) is 6. The van der Waals surface area contributed by atoms with Crippen LogP contribution in [-0.2, 0) is 13.0 Å². The SMILES string of the molecule is C[C@H](CO)NC(=O)c1cnn2cc3c(nc12)N(Cc1cc(F)c[nH]c1=O)[C@H](C)C3. The Balaban J connectivity index is 1.72. The van der Waals surface area contributed by atoms with Crippen molar-refractivity contribution in [3.8, 4) is 0 Å². The number of anilines is 1. The zero-order chi connectivity index (χ0) is 20.7. The number of hydrogen-bond donors (Lipinski definition) is 3. The van der Waals surface area contributed by atoms with Crippen LogP contribution in [0.2, 0.25) is 0 Å². The Morgan fingerprint density at radius 3 is 3.07 bits per heavy atom. The summed E-state index contributed by atoms with van der Waals surface area (Å²) in [5.74, 6) is -0.255. The van der Waals surface area contributed by atoms with E-state index in [-0.39, 0.29) is 36.2 Å². The maximum Gasteiger partial charge on any atom is 0.257 e. The maximum absolute atomic E-state index is 13.6. The highest BCUT2D eigenvalue weighted by Crippen LogP contribution is 2.32. The van der Waals surface area contributed by atoms with Crippen LogP contribution < -0.4 is 15.8 Å². The lowest BCUT2D eigenvalue weighted by Crippen LogP contribution is -2.35. The van der Waals surface area contributed by atoms with Gasteiger partial charge in [-0.15, -0.1) is 0 Å². The van der Waals surface area contributed by atoms with Gasteiger partial charge in [-0.1, -0.05) is 0 Å². The van der Waals surface area contributed by atoms with E-state index in [2.05, 4.69) is 20.4 Å². The number of amides is 1. The van der Waals surface area contributed by atoms with Gasteiger partial charge in [0.05, 0.1) is 19.3 Å².